The highest BCUT2D eigenvalue weighted by Gasteiger charge is 2.29. The van der Waals surface area contributed by atoms with E-state index in [1.165, 1.54) is 49.4 Å². The van der Waals surface area contributed by atoms with Crippen molar-refractivity contribution in [1.82, 2.24) is 0 Å². The van der Waals surface area contributed by atoms with Crippen molar-refractivity contribution in [2.45, 2.75) is 31.7 Å². The minimum atomic E-state index is -3.96. The van der Waals surface area contributed by atoms with E-state index >= 15 is 0 Å². The van der Waals surface area contributed by atoms with Crippen LogP contribution in [0.25, 0.3) is 0 Å². The van der Waals surface area contributed by atoms with Crippen LogP contribution in [0.15, 0.2) is 65.6 Å². The fourth-order valence-corrected chi connectivity index (χ4v) is 6.17. The average Bonchev–Trinajstić information content (AvgIpc) is 2.77. The number of carbonyl (C=O) groups excluding carboxylic acids is 1. The van der Waals surface area contributed by atoms with Gasteiger partial charge in [-0.3, -0.25) is 13.8 Å². The molecule has 0 radical (unpaired) electrons. The molecule has 36 heavy (non-hydrogen) atoms. The van der Waals surface area contributed by atoms with E-state index in [4.69, 9.17) is 23.2 Å². The van der Waals surface area contributed by atoms with Gasteiger partial charge in [0.05, 0.1) is 27.5 Å². The topological polar surface area (TPSA) is 113 Å². The van der Waals surface area contributed by atoms with Crippen molar-refractivity contribution in [3.63, 3.8) is 0 Å². The fraction of sp³-hybridized carbons (Fsp3) is 0.208. The molecule has 0 aromatic heterocycles. The first kappa shape index (κ1) is 27.8. The first-order chi connectivity index (χ1) is 16.7. The number of hydrogen-bond acceptors (Lipinski definition) is 5. The van der Waals surface area contributed by atoms with Gasteiger partial charge in [0.2, 0.25) is 15.9 Å². The summed E-state index contributed by atoms with van der Waals surface area (Å²) in [6, 6.07) is 13.9. The Hall–Kier alpha value is -2.79. The molecule has 0 fully saturated rings. The minimum absolute atomic E-state index is 0.0625. The summed E-state index contributed by atoms with van der Waals surface area (Å²) in [6.45, 7) is 5.24. The summed E-state index contributed by atoms with van der Waals surface area (Å²) in [5, 5.41) is 3.14. The normalized spacial score (nSPS) is 12.6. The number of halogens is 2. The van der Waals surface area contributed by atoms with Crippen molar-refractivity contribution in [2.24, 2.45) is 0 Å². The zero-order valence-corrected chi connectivity index (χ0v) is 23.1. The lowest BCUT2D eigenvalue weighted by Crippen LogP contribution is -2.45. The van der Waals surface area contributed by atoms with E-state index < -0.39 is 32.0 Å². The molecule has 0 unspecified atom stereocenters. The van der Waals surface area contributed by atoms with E-state index in [-0.39, 0.29) is 15.6 Å². The lowest BCUT2D eigenvalue weighted by Gasteiger charge is -2.28. The van der Waals surface area contributed by atoms with Gasteiger partial charge in [0.1, 0.15) is 6.04 Å². The summed E-state index contributed by atoms with van der Waals surface area (Å²) in [4.78, 5) is 12.9. The van der Waals surface area contributed by atoms with Crippen LogP contribution in [-0.4, -0.2) is 35.0 Å². The van der Waals surface area contributed by atoms with Crippen LogP contribution in [0.1, 0.15) is 18.1 Å². The SMILES string of the molecule is Cc1ccc(N([C@@H](C)C(=O)Nc2ccc(S(=O)(=O)Nc3ccc(Cl)cc3Cl)cc2)S(C)(=O)=O)cc1C. The van der Waals surface area contributed by atoms with Crippen LogP contribution in [0.5, 0.6) is 0 Å². The van der Waals surface area contributed by atoms with Crippen molar-refractivity contribution in [2.75, 3.05) is 20.6 Å². The molecular formula is C24H25Cl2N3O5S2. The van der Waals surface area contributed by atoms with E-state index in [0.717, 1.165) is 21.7 Å². The Morgan fingerprint density at radius 1 is 0.889 bits per heavy atom. The number of sulfonamides is 2. The fourth-order valence-electron chi connectivity index (χ4n) is 3.41. The standard InChI is InChI=1S/C24H25Cl2N3O5S2/c1-15-5-9-20(13-16(15)2)29(35(4,31)32)17(3)24(30)27-19-7-10-21(11-8-19)36(33,34)28-23-12-6-18(25)14-22(23)26/h5-14,17,28H,1-4H3,(H,27,30)/t17-/m0/s1. The number of benzene rings is 3. The summed E-state index contributed by atoms with van der Waals surface area (Å²) in [5.41, 5.74) is 2.71. The molecule has 0 aliphatic rings. The lowest BCUT2D eigenvalue weighted by molar-refractivity contribution is -0.116. The van der Waals surface area contributed by atoms with Gasteiger partial charge in [0.15, 0.2) is 0 Å². The molecule has 0 saturated heterocycles. The molecule has 0 aliphatic carbocycles. The number of nitrogens with zero attached hydrogens (tertiary/aromatic N) is 1. The second-order valence-electron chi connectivity index (χ2n) is 8.25. The highest BCUT2D eigenvalue weighted by Crippen LogP contribution is 2.28. The molecule has 2 N–H and O–H groups in total. The van der Waals surface area contributed by atoms with E-state index in [1.54, 1.807) is 18.2 Å². The molecule has 3 aromatic carbocycles. The molecule has 0 heterocycles. The Morgan fingerprint density at radius 2 is 1.53 bits per heavy atom. The summed E-state index contributed by atoms with van der Waals surface area (Å²) < 4.78 is 53.9. The third kappa shape index (κ3) is 6.50. The molecule has 8 nitrogen and oxygen atoms in total. The van der Waals surface area contributed by atoms with Gasteiger partial charge < -0.3 is 5.32 Å². The van der Waals surface area contributed by atoms with E-state index in [0.29, 0.717) is 16.4 Å². The highest BCUT2D eigenvalue weighted by molar-refractivity contribution is 7.92. The van der Waals surface area contributed by atoms with Gasteiger partial charge in [-0.2, -0.15) is 0 Å². The van der Waals surface area contributed by atoms with Crippen LogP contribution < -0.4 is 14.3 Å². The molecule has 0 saturated carbocycles. The lowest BCUT2D eigenvalue weighted by atomic mass is 10.1. The second kappa shape index (κ2) is 10.7. The molecule has 0 spiro atoms. The Kier molecular flexibility index (Phi) is 8.24. The molecule has 12 heteroatoms. The zero-order valence-electron chi connectivity index (χ0n) is 19.9. The number of amides is 1. The summed E-state index contributed by atoms with van der Waals surface area (Å²) in [5.74, 6) is -0.583. The third-order valence-corrected chi connectivity index (χ3v) is 8.61. The first-order valence-electron chi connectivity index (χ1n) is 10.6. The maximum Gasteiger partial charge on any atom is 0.261 e. The van der Waals surface area contributed by atoms with Crippen molar-refractivity contribution in [3.05, 3.63) is 81.8 Å². The Labute approximate surface area is 221 Å². The first-order valence-corrected chi connectivity index (χ1v) is 14.7. The maximum atomic E-state index is 12.9. The third-order valence-electron chi connectivity index (χ3n) is 5.44. The number of anilines is 3. The highest BCUT2D eigenvalue weighted by atomic mass is 35.5. The number of aryl methyl sites for hydroxylation is 2. The van der Waals surface area contributed by atoms with Crippen molar-refractivity contribution in [3.8, 4) is 0 Å². The van der Waals surface area contributed by atoms with Gasteiger partial charge in [0.25, 0.3) is 10.0 Å². The van der Waals surface area contributed by atoms with Crippen LogP contribution in [0.2, 0.25) is 10.0 Å². The Balaban J connectivity index is 1.78. The van der Waals surface area contributed by atoms with Crippen molar-refractivity contribution >= 4 is 66.2 Å². The van der Waals surface area contributed by atoms with Gasteiger partial charge in [-0.05, 0) is 86.5 Å². The van der Waals surface area contributed by atoms with E-state index in [1.807, 2.05) is 13.8 Å². The average molecular weight is 571 g/mol. The van der Waals surface area contributed by atoms with Gasteiger partial charge in [0, 0.05) is 10.7 Å². The molecule has 1 amide bonds. The van der Waals surface area contributed by atoms with Crippen LogP contribution in [-0.2, 0) is 24.8 Å². The van der Waals surface area contributed by atoms with Crippen LogP contribution in [0, 0.1) is 13.8 Å². The molecular weight excluding hydrogens is 545 g/mol. The van der Waals surface area contributed by atoms with Crippen molar-refractivity contribution in [1.29, 1.82) is 0 Å². The predicted octanol–water partition coefficient (Wildman–Crippen LogP) is 5.20. The van der Waals surface area contributed by atoms with E-state index in [9.17, 15) is 21.6 Å². The molecule has 3 aromatic rings. The van der Waals surface area contributed by atoms with Crippen LogP contribution in [0.4, 0.5) is 17.1 Å². The molecule has 0 aliphatic heterocycles. The Morgan fingerprint density at radius 3 is 2.08 bits per heavy atom. The van der Waals surface area contributed by atoms with Gasteiger partial charge in [-0.15, -0.1) is 0 Å². The van der Waals surface area contributed by atoms with Gasteiger partial charge >= 0.3 is 0 Å². The van der Waals surface area contributed by atoms with Gasteiger partial charge in [-0.1, -0.05) is 29.3 Å². The van der Waals surface area contributed by atoms with Crippen molar-refractivity contribution < 1.29 is 21.6 Å². The molecule has 0 bridgehead atoms. The van der Waals surface area contributed by atoms with E-state index in [2.05, 4.69) is 10.0 Å². The number of rotatable bonds is 8. The number of hydrogen-bond donors (Lipinski definition) is 2. The maximum absolute atomic E-state index is 12.9. The molecule has 1 atom stereocenters. The summed E-state index contributed by atoms with van der Waals surface area (Å²) in [6.07, 6.45) is 1.03. The number of carbonyl (C=O) groups is 1. The largest absolute Gasteiger partial charge is 0.324 e. The zero-order chi connectivity index (χ0) is 26.8. The second-order valence-corrected chi connectivity index (χ2v) is 12.6. The minimum Gasteiger partial charge on any atom is -0.324 e. The quantitative estimate of drug-likeness (QED) is 0.387. The predicted molar refractivity (Wildman–Crippen MR) is 145 cm³/mol. The summed E-state index contributed by atoms with van der Waals surface area (Å²) in [7, 11) is -7.74. The monoisotopic (exact) mass is 569 g/mol. The Bertz CT molecular complexity index is 1510. The van der Waals surface area contributed by atoms with Crippen LogP contribution >= 0.6 is 23.2 Å². The summed E-state index contributed by atoms with van der Waals surface area (Å²) >= 11 is 11.9. The smallest absolute Gasteiger partial charge is 0.261 e. The van der Waals surface area contributed by atoms with Gasteiger partial charge in [-0.25, -0.2) is 16.8 Å². The molecule has 3 rings (SSSR count). The number of nitrogens with one attached hydrogen (secondary N) is 2. The van der Waals surface area contributed by atoms with Crippen LogP contribution in [0.3, 0.4) is 0 Å². The molecule has 192 valence electrons.